The molecule has 1 aliphatic heterocycles. The van der Waals surface area contributed by atoms with Crippen LogP contribution in [-0.2, 0) is 14.4 Å². The predicted molar refractivity (Wildman–Crippen MR) is 83.4 cm³/mol. The van der Waals surface area contributed by atoms with Crippen LogP contribution in [-0.4, -0.2) is 45.3 Å². The number of carbonyl (C=O) groups excluding carboxylic acids is 3. The van der Waals surface area contributed by atoms with Crippen LogP contribution < -0.4 is 5.73 Å². The lowest BCUT2D eigenvalue weighted by Gasteiger charge is -2.59. The van der Waals surface area contributed by atoms with Gasteiger partial charge < -0.3 is 15.7 Å². The number of hydrogen-bond acceptors (Lipinski definition) is 4. The number of nitrogens with zero attached hydrogens (tertiary/aromatic N) is 1. The number of nitrogens with two attached hydrogens (primary N) is 1. The molecule has 1 heterocycles. The molecule has 0 aromatic rings. The highest BCUT2D eigenvalue weighted by Gasteiger charge is 2.63. The number of aliphatic hydroxyl groups is 1. The number of primary amides is 1. The predicted octanol–water partition coefficient (Wildman–Crippen LogP) is 0.361. The van der Waals surface area contributed by atoms with E-state index in [0.717, 1.165) is 38.5 Å². The van der Waals surface area contributed by atoms with Crippen LogP contribution in [0.15, 0.2) is 0 Å². The number of carbonyl (C=O) groups is 3. The summed E-state index contributed by atoms with van der Waals surface area (Å²) in [7, 11) is 0. The fourth-order valence-corrected chi connectivity index (χ4v) is 6.83. The largest absolute Gasteiger partial charge is 0.390 e. The van der Waals surface area contributed by atoms with Crippen molar-refractivity contribution >= 4 is 17.6 Å². The molecular weight excluding hydrogens is 308 g/mol. The molecule has 6 nitrogen and oxygen atoms in total. The van der Waals surface area contributed by atoms with Gasteiger partial charge in [0, 0.05) is 11.5 Å². The van der Waals surface area contributed by atoms with E-state index < -0.39 is 28.9 Å². The second kappa shape index (κ2) is 4.40. The summed E-state index contributed by atoms with van der Waals surface area (Å²) in [6.45, 7) is 0. The molecule has 7 atom stereocenters. The third kappa shape index (κ3) is 1.89. The monoisotopic (exact) mass is 332 g/mol. The summed E-state index contributed by atoms with van der Waals surface area (Å²) in [5.41, 5.74) is 3.98. The lowest BCUT2D eigenvalue weighted by molar-refractivity contribution is -0.181. The molecule has 6 heteroatoms. The fraction of sp³-hybridized carbons (Fsp3) is 0.833. The number of rotatable bonds is 3. The van der Waals surface area contributed by atoms with Crippen LogP contribution in [0.3, 0.4) is 0 Å². The molecular formula is C18H24N2O4. The van der Waals surface area contributed by atoms with Gasteiger partial charge in [-0.25, -0.2) is 0 Å². The molecule has 6 aliphatic rings. The van der Waals surface area contributed by atoms with Crippen LogP contribution in [0.4, 0.5) is 0 Å². The van der Waals surface area contributed by atoms with E-state index in [9.17, 15) is 19.5 Å². The second-order valence-electron chi connectivity index (χ2n) is 9.22. The van der Waals surface area contributed by atoms with E-state index in [0.29, 0.717) is 30.6 Å². The van der Waals surface area contributed by atoms with E-state index >= 15 is 0 Å². The van der Waals surface area contributed by atoms with E-state index in [1.165, 1.54) is 4.90 Å². The number of likely N-dealkylation sites (tertiary alicyclic amines) is 1. The minimum absolute atomic E-state index is 0.0240. The topological polar surface area (TPSA) is 101 Å². The molecule has 5 aliphatic carbocycles. The molecule has 0 spiro atoms. The molecule has 3 N–H and O–H groups in total. The minimum atomic E-state index is -0.768. The van der Waals surface area contributed by atoms with Crippen molar-refractivity contribution in [3.63, 3.8) is 0 Å². The summed E-state index contributed by atoms with van der Waals surface area (Å²) in [5, 5.41) is 10.8. The van der Waals surface area contributed by atoms with Gasteiger partial charge in [-0.3, -0.25) is 14.4 Å². The Balaban J connectivity index is 1.44. The Hall–Kier alpha value is -1.43. The summed E-state index contributed by atoms with van der Waals surface area (Å²) >= 11 is 0. The fourth-order valence-electron chi connectivity index (χ4n) is 6.83. The molecule has 5 saturated carbocycles. The smallest absolute Gasteiger partial charge is 0.291 e. The lowest BCUT2D eigenvalue weighted by Crippen LogP contribution is -2.61. The molecule has 6 rings (SSSR count). The van der Waals surface area contributed by atoms with Crippen molar-refractivity contribution in [3.8, 4) is 0 Å². The summed E-state index contributed by atoms with van der Waals surface area (Å²) in [4.78, 5) is 39.4. The number of ketones is 1. The van der Waals surface area contributed by atoms with Gasteiger partial charge in [0.05, 0.1) is 5.60 Å². The number of hydrogen-bond donors (Lipinski definition) is 2. The Kier molecular flexibility index (Phi) is 2.72. The van der Waals surface area contributed by atoms with Crippen LogP contribution >= 0.6 is 0 Å². The van der Waals surface area contributed by atoms with Gasteiger partial charge >= 0.3 is 0 Å². The van der Waals surface area contributed by atoms with Crippen LogP contribution in [0.5, 0.6) is 0 Å². The quantitative estimate of drug-likeness (QED) is 0.729. The van der Waals surface area contributed by atoms with Crippen molar-refractivity contribution in [2.24, 2.45) is 28.9 Å². The Morgan fingerprint density at radius 3 is 2.25 bits per heavy atom. The lowest BCUT2D eigenvalue weighted by atomic mass is 9.47. The zero-order valence-electron chi connectivity index (χ0n) is 13.7. The van der Waals surface area contributed by atoms with Gasteiger partial charge in [0.2, 0.25) is 11.7 Å². The molecule has 0 aromatic heterocycles. The van der Waals surface area contributed by atoms with Gasteiger partial charge in [-0.05, 0) is 69.1 Å². The molecule has 0 aromatic carbocycles. The summed E-state index contributed by atoms with van der Waals surface area (Å²) in [5.74, 6) is -0.352. The molecule has 2 unspecified atom stereocenters. The first kappa shape index (κ1) is 14.9. The maximum Gasteiger partial charge on any atom is 0.291 e. The molecule has 2 amide bonds. The van der Waals surface area contributed by atoms with Crippen molar-refractivity contribution in [3.05, 3.63) is 0 Å². The molecule has 24 heavy (non-hydrogen) atoms. The third-order valence-electron chi connectivity index (χ3n) is 7.37. The Labute approximate surface area is 140 Å². The highest BCUT2D eigenvalue weighted by molar-refractivity contribution is 6.38. The standard InChI is InChI=1S/C18H24N2O4/c19-15(22)13-3-11-2-12(11)20(13)16(23)14(21)17-4-9-1-10(5-17)7-18(24,6-9)8-17/h9-13,24H,1-8H2,(H2,19,22)/t9-,10+,11-,12-,13-,17?,18?/m0/s1. The second-order valence-corrected chi connectivity index (χ2v) is 9.22. The molecule has 4 bridgehead atoms. The van der Waals surface area contributed by atoms with E-state index in [-0.39, 0.29) is 11.8 Å². The van der Waals surface area contributed by atoms with E-state index in [4.69, 9.17) is 5.73 Å². The number of fused-ring (bicyclic) bond motifs is 1. The average molecular weight is 332 g/mol. The van der Waals surface area contributed by atoms with Crippen LogP contribution in [0.25, 0.3) is 0 Å². The highest BCUT2D eigenvalue weighted by Crippen LogP contribution is 2.62. The highest BCUT2D eigenvalue weighted by atomic mass is 16.3. The maximum absolute atomic E-state index is 13.2. The van der Waals surface area contributed by atoms with Crippen molar-refractivity contribution in [1.29, 1.82) is 0 Å². The van der Waals surface area contributed by atoms with Crippen molar-refractivity contribution in [2.75, 3.05) is 0 Å². The molecule has 0 radical (unpaired) electrons. The summed E-state index contributed by atoms with van der Waals surface area (Å²) in [6.07, 6.45) is 5.95. The normalized spacial score (nSPS) is 50.7. The van der Waals surface area contributed by atoms with Gasteiger partial charge in [-0.1, -0.05) is 0 Å². The van der Waals surface area contributed by atoms with Gasteiger partial charge in [0.25, 0.3) is 5.91 Å². The number of piperidine rings is 1. The van der Waals surface area contributed by atoms with Gasteiger partial charge in [-0.2, -0.15) is 0 Å². The maximum atomic E-state index is 13.2. The van der Waals surface area contributed by atoms with Gasteiger partial charge in [-0.15, -0.1) is 0 Å². The minimum Gasteiger partial charge on any atom is -0.390 e. The molecule has 6 fully saturated rings. The van der Waals surface area contributed by atoms with Crippen LogP contribution in [0, 0.1) is 23.2 Å². The molecule has 1 saturated heterocycles. The van der Waals surface area contributed by atoms with E-state index in [1.807, 2.05) is 0 Å². The Morgan fingerprint density at radius 2 is 1.67 bits per heavy atom. The van der Waals surface area contributed by atoms with Crippen LogP contribution in [0.1, 0.15) is 51.4 Å². The van der Waals surface area contributed by atoms with Crippen molar-refractivity contribution in [2.45, 2.75) is 69.1 Å². The first-order valence-corrected chi connectivity index (χ1v) is 9.19. The average Bonchev–Trinajstić information content (AvgIpc) is 3.13. The van der Waals surface area contributed by atoms with Gasteiger partial charge in [0.15, 0.2) is 0 Å². The summed E-state index contributed by atoms with van der Waals surface area (Å²) in [6, 6.07) is -0.599. The first-order chi connectivity index (χ1) is 11.3. The zero-order valence-corrected chi connectivity index (χ0v) is 13.7. The van der Waals surface area contributed by atoms with Crippen LogP contribution in [0.2, 0.25) is 0 Å². The first-order valence-electron chi connectivity index (χ1n) is 9.19. The van der Waals surface area contributed by atoms with E-state index in [2.05, 4.69) is 0 Å². The molecule has 130 valence electrons. The Bertz CT molecular complexity index is 645. The number of amides is 2. The number of Topliss-reactive ketones (excluding diaryl/α,β-unsaturated/α-hetero) is 1. The third-order valence-corrected chi connectivity index (χ3v) is 7.37. The van der Waals surface area contributed by atoms with E-state index in [1.54, 1.807) is 0 Å². The summed E-state index contributed by atoms with van der Waals surface area (Å²) < 4.78 is 0. The zero-order chi connectivity index (χ0) is 16.9. The van der Waals surface area contributed by atoms with Crippen molar-refractivity contribution in [1.82, 2.24) is 4.90 Å². The van der Waals surface area contributed by atoms with Crippen molar-refractivity contribution < 1.29 is 19.5 Å². The Morgan fingerprint density at radius 1 is 1.00 bits per heavy atom. The SMILES string of the molecule is NC(=O)[C@@H]1C[C@@H]2C[C@@H]2N1C(=O)C(=O)C12C[C@@H]3C[C@@H](CC(O)(C3)C1)C2. The van der Waals surface area contributed by atoms with Gasteiger partial charge in [0.1, 0.15) is 6.04 Å².